The van der Waals surface area contributed by atoms with Crippen LogP contribution in [-0.4, -0.2) is 58.0 Å². The van der Waals surface area contributed by atoms with Gasteiger partial charge in [-0.15, -0.1) is 16.4 Å². The van der Waals surface area contributed by atoms with Crippen molar-refractivity contribution in [2.75, 3.05) is 31.9 Å². The zero-order chi connectivity index (χ0) is 15.0. The second kappa shape index (κ2) is 5.28. The maximum atomic E-state index is 12.6. The van der Waals surface area contributed by atoms with Crippen LogP contribution in [-0.2, 0) is 4.79 Å². The maximum Gasteiger partial charge on any atom is 0.266 e. The quantitative estimate of drug-likeness (QED) is 0.832. The molecule has 1 fully saturated rings. The third-order valence-corrected chi connectivity index (χ3v) is 4.72. The molecule has 8 heteroatoms. The molecule has 0 bridgehead atoms. The number of nitrogens with two attached hydrogens (primary N) is 1. The third kappa shape index (κ3) is 2.42. The molecule has 0 aromatic carbocycles. The van der Waals surface area contributed by atoms with Gasteiger partial charge in [-0.25, -0.2) is 0 Å². The van der Waals surface area contributed by atoms with Crippen LogP contribution in [0.25, 0.3) is 10.2 Å². The van der Waals surface area contributed by atoms with Crippen LogP contribution in [0.4, 0.5) is 5.69 Å². The Bertz CT molecular complexity index is 706. The number of rotatable bonds is 1. The Morgan fingerprint density at radius 1 is 1.24 bits per heavy atom. The van der Waals surface area contributed by atoms with Crippen LogP contribution in [0.5, 0.6) is 0 Å². The molecule has 3 heterocycles. The summed E-state index contributed by atoms with van der Waals surface area (Å²) >= 11 is 1.26. The Balaban J connectivity index is 1.82. The number of aromatic nitrogens is 2. The number of carbonyl (C=O) groups is 2. The lowest BCUT2D eigenvalue weighted by molar-refractivity contribution is -0.130. The molecule has 0 radical (unpaired) electrons. The van der Waals surface area contributed by atoms with E-state index in [0.29, 0.717) is 41.6 Å². The van der Waals surface area contributed by atoms with Gasteiger partial charge < -0.3 is 15.5 Å². The fourth-order valence-electron chi connectivity index (χ4n) is 2.40. The van der Waals surface area contributed by atoms with Crippen LogP contribution in [0, 0.1) is 0 Å². The highest BCUT2D eigenvalue weighted by molar-refractivity contribution is 7.21. The lowest BCUT2D eigenvalue weighted by atomic mass is 10.2. The molecule has 0 atom stereocenters. The number of thiophene rings is 1. The average molecular weight is 305 g/mol. The number of hydrogen-bond donors (Lipinski definition) is 1. The third-order valence-electron chi connectivity index (χ3n) is 3.63. The van der Waals surface area contributed by atoms with E-state index in [-0.39, 0.29) is 11.8 Å². The number of anilines is 1. The summed E-state index contributed by atoms with van der Waals surface area (Å²) < 4.78 is 0. The highest BCUT2D eigenvalue weighted by Crippen LogP contribution is 2.32. The van der Waals surface area contributed by atoms with Crippen LogP contribution in [0.2, 0.25) is 0 Å². The van der Waals surface area contributed by atoms with Gasteiger partial charge in [-0.2, -0.15) is 5.10 Å². The first kappa shape index (κ1) is 13.7. The Labute approximate surface area is 125 Å². The zero-order valence-corrected chi connectivity index (χ0v) is 12.4. The lowest BCUT2D eigenvalue weighted by Crippen LogP contribution is -2.50. The average Bonchev–Trinajstić information content (AvgIpc) is 2.84. The van der Waals surface area contributed by atoms with Gasteiger partial charge in [0.05, 0.1) is 11.9 Å². The van der Waals surface area contributed by atoms with Crippen molar-refractivity contribution < 1.29 is 9.59 Å². The van der Waals surface area contributed by atoms with Crippen LogP contribution >= 0.6 is 11.3 Å². The fraction of sp³-hybridized carbons (Fsp3) is 0.385. The molecule has 0 unspecified atom stereocenters. The smallest absolute Gasteiger partial charge is 0.266 e. The molecule has 2 aromatic heterocycles. The molecule has 1 aliphatic rings. The molecule has 0 saturated carbocycles. The second-order valence-corrected chi connectivity index (χ2v) is 5.89. The summed E-state index contributed by atoms with van der Waals surface area (Å²) in [7, 11) is 0. The summed E-state index contributed by atoms with van der Waals surface area (Å²) in [5.41, 5.74) is 6.51. The molecular formula is C13H15N5O2S. The van der Waals surface area contributed by atoms with E-state index in [1.165, 1.54) is 11.3 Å². The lowest BCUT2D eigenvalue weighted by Gasteiger charge is -2.34. The minimum absolute atomic E-state index is 0.0405. The second-order valence-electron chi connectivity index (χ2n) is 4.89. The van der Waals surface area contributed by atoms with E-state index in [4.69, 9.17) is 5.73 Å². The van der Waals surface area contributed by atoms with Crippen molar-refractivity contribution >= 4 is 39.1 Å². The molecule has 0 aliphatic carbocycles. The molecule has 7 nitrogen and oxygen atoms in total. The minimum atomic E-state index is -0.0984. The molecule has 2 aromatic rings. The molecule has 1 saturated heterocycles. The summed E-state index contributed by atoms with van der Waals surface area (Å²) in [4.78, 5) is 28.5. The topological polar surface area (TPSA) is 92.4 Å². The Morgan fingerprint density at radius 2 is 1.90 bits per heavy atom. The van der Waals surface area contributed by atoms with Crippen molar-refractivity contribution in [2.45, 2.75) is 6.92 Å². The van der Waals surface area contributed by atoms with Gasteiger partial charge in [-0.3, -0.25) is 9.59 Å². The molecule has 110 valence electrons. The van der Waals surface area contributed by atoms with Gasteiger partial charge in [0.2, 0.25) is 5.91 Å². The highest BCUT2D eigenvalue weighted by Gasteiger charge is 2.26. The van der Waals surface area contributed by atoms with Gasteiger partial charge in [0, 0.05) is 38.5 Å². The molecule has 2 amide bonds. The highest BCUT2D eigenvalue weighted by atomic mass is 32.1. The van der Waals surface area contributed by atoms with Crippen LogP contribution in [0.1, 0.15) is 16.6 Å². The summed E-state index contributed by atoms with van der Waals surface area (Å²) in [5, 5.41) is 8.56. The van der Waals surface area contributed by atoms with Crippen molar-refractivity contribution in [3.63, 3.8) is 0 Å². The molecule has 3 rings (SSSR count). The van der Waals surface area contributed by atoms with Gasteiger partial charge in [-0.1, -0.05) is 0 Å². The van der Waals surface area contributed by atoms with Crippen LogP contribution < -0.4 is 5.73 Å². The summed E-state index contributed by atoms with van der Waals surface area (Å²) in [6, 6.07) is 1.76. The summed E-state index contributed by atoms with van der Waals surface area (Å²) in [6.07, 6.45) is 1.56. The molecule has 21 heavy (non-hydrogen) atoms. The van der Waals surface area contributed by atoms with E-state index in [1.54, 1.807) is 29.0 Å². The predicted octanol–water partition coefficient (Wildman–Crippen LogP) is 0.578. The van der Waals surface area contributed by atoms with E-state index in [9.17, 15) is 9.59 Å². The standard InChI is InChI=1S/C13H15N5O2S/c1-8(19)17-4-6-18(7-5-17)13(20)11-10(14)9-2-3-15-16-12(9)21-11/h2-3H,4-7,14H2,1H3. The number of nitrogen functional groups attached to an aromatic ring is 1. The van der Waals surface area contributed by atoms with E-state index in [1.807, 2.05) is 0 Å². The molecule has 0 spiro atoms. The Hall–Kier alpha value is -2.22. The summed E-state index contributed by atoms with van der Waals surface area (Å²) in [5.74, 6) is -0.0579. The maximum absolute atomic E-state index is 12.6. The van der Waals surface area contributed by atoms with Crippen molar-refractivity contribution in [2.24, 2.45) is 0 Å². The number of piperazine rings is 1. The Morgan fingerprint density at radius 3 is 2.52 bits per heavy atom. The first-order valence-electron chi connectivity index (χ1n) is 6.62. The van der Waals surface area contributed by atoms with Gasteiger partial charge in [0.15, 0.2) is 0 Å². The minimum Gasteiger partial charge on any atom is -0.397 e. The van der Waals surface area contributed by atoms with Crippen molar-refractivity contribution in [3.05, 3.63) is 17.1 Å². The van der Waals surface area contributed by atoms with Gasteiger partial charge in [-0.05, 0) is 6.07 Å². The van der Waals surface area contributed by atoms with Crippen LogP contribution in [0.15, 0.2) is 12.3 Å². The van der Waals surface area contributed by atoms with Gasteiger partial charge >= 0.3 is 0 Å². The number of nitrogens with zero attached hydrogens (tertiary/aromatic N) is 4. The van der Waals surface area contributed by atoms with Gasteiger partial charge in [0.1, 0.15) is 9.71 Å². The predicted molar refractivity (Wildman–Crippen MR) is 80.0 cm³/mol. The van der Waals surface area contributed by atoms with Crippen molar-refractivity contribution in [1.82, 2.24) is 20.0 Å². The first-order chi connectivity index (χ1) is 10.1. The summed E-state index contributed by atoms with van der Waals surface area (Å²) in [6.45, 7) is 3.72. The van der Waals surface area contributed by atoms with E-state index in [0.717, 1.165) is 5.39 Å². The number of fused-ring (bicyclic) bond motifs is 1. The normalized spacial score (nSPS) is 15.5. The number of hydrogen-bond acceptors (Lipinski definition) is 6. The SMILES string of the molecule is CC(=O)N1CCN(C(=O)c2sc3nnccc3c2N)CC1. The van der Waals surface area contributed by atoms with Crippen molar-refractivity contribution in [1.29, 1.82) is 0 Å². The zero-order valence-electron chi connectivity index (χ0n) is 11.6. The van der Waals surface area contributed by atoms with E-state index < -0.39 is 0 Å². The van der Waals surface area contributed by atoms with Crippen LogP contribution in [0.3, 0.4) is 0 Å². The monoisotopic (exact) mass is 305 g/mol. The molecule has 1 aliphatic heterocycles. The van der Waals surface area contributed by atoms with E-state index >= 15 is 0 Å². The first-order valence-corrected chi connectivity index (χ1v) is 7.44. The Kier molecular flexibility index (Phi) is 3.46. The number of carbonyl (C=O) groups excluding carboxylic acids is 2. The largest absolute Gasteiger partial charge is 0.397 e. The fourth-order valence-corrected chi connectivity index (χ4v) is 3.41. The van der Waals surface area contributed by atoms with Gasteiger partial charge in [0.25, 0.3) is 5.91 Å². The van der Waals surface area contributed by atoms with E-state index in [2.05, 4.69) is 10.2 Å². The van der Waals surface area contributed by atoms with Crippen molar-refractivity contribution in [3.8, 4) is 0 Å². The molecule has 2 N–H and O–H groups in total. The number of amides is 2. The molecular weight excluding hydrogens is 290 g/mol.